The van der Waals surface area contributed by atoms with Crippen molar-refractivity contribution in [2.24, 2.45) is 11.5 Å². The lowest BCUT2D eigenvalue weighted by Crippen LogP contribution is -2.54. The lowest BCUT2D eigenvalue weighted by molar-refractivity contribution is -0.133. The Morgan fingerprint density at radius 3 is 2.23 bits per heavy atom. The predicted octanol–water partition coefficient (Wildman–Crippen LogP) is -1.05. The molecule has 3 atom stereocenters. The fraction of sp³-hybridized carbons (Fsp3) is 0.793. The van der Waals surface area contributed by atoms with Gasteiger partial charge < -0.3 is 51.5 Å². The van der Waals surface area contributed by atoms with E-state index in [1.54, 1.807) is 6.82 Å². The number of primary amides is 1. The number of nitrogens with two attached hydrogens (primary N) is 2. The summed E-state index contributed by atoms with van der Waals surface area (Å²) in [6, 6.07) is -2.20. The lowest BCUT2D eigenvalue weighted by atomic mass is 9.83. The van der Waals surface area contributed by atoms with Gasteiger partial charge in [-0.3, -0.25) is 28.8 Å². The van der Waals surface area contributed by atoms with Crippen molar-refractivity contribution in [3.8, 4) is 0 Å². The SMILES string of the molecule is CBC(=O)OCCC[C@H](CSC[C@H](N)C(=O)N[C@@H](CO)C(=O)NCCOC(C)(C)CCOC(C)(C)CCC(=O)NCC(N)=O)OC=O. The summed E-state index contributed by atoms with van der Waals surface area (Å²) in [5.41, 5.74) is 9.81. The number of hydrogen-bond acceptors (Lipinski definition) is 13. The van der Waals surface area contributed by atoms with E-state index in [0.29, 0.717) is 44.5 Å². The summed E-state index contributed by atoms with van der Waals surface area (Å²) in [6.07, 6.45) is 1.67. The molecule has 0 aliphatic carbocycles. The third kappa shape index (κ3) is 23.1. The predicted molar refractivity (Wildman–Crippen MR) is 178 cm³/mol. The van der Waals surface area contributed by atoms with Crippen LogP contribution in [0, 0.1) is 0 Å². The van der Waals surface area contributed by atoms with Crippen LogP contribution in [0.4, 0.5) is 4.79 Å². The number of aliphatic hydroxyl groups excluding tert-OH is 1. The quantitative estimate of drug-likeness (QED) is 0.0326. The molecule has 8 N–H and O–H groups in total. The highest BCUT2D eigenvalue weighted by molar-refractivity contribution is 7.99. The minimum absolute atomic E-state index is 0.124. The monoisotopic (exact) mass is 691 g/mol. The van der Waals surface area contributed by atoms with Gasteiger partial charge in [0.25, 0.3) is 13.8 Å². The van der Waals surface area contributed by atoms with Crippen LogP contribution < -0.4 is 27.4 Å². The number of ether oxygens (including phenoxy) is 4. The number of nitrogens with one attached hydrogen (secondary N) is 3. The van der Waals surface area contributed by atoms with Crippen LogP contribution in [0.5, 0.6) is 0 Å². The number of thioether (sulfide) groups is 1. The molecule has 0 fully saturated rings. The molecule has 0 saturated heterocycles. The van der Waals surface area contributed by atoms with Gasteiger partial charge in [0.05, 0.1) is 50.2 Å². The van der Waals surface area contributed by atoms with Crippen molar-refractivity contribution in [3.05, 3.63) is 0 Å². The first-order chi connectivity index (χ1) is 22.1. The van der Waals surface area contributed by atoms with Crippen molar-refractivity contribution in [1.29, 1.82) is 0 Å². The molecule has 0 heterocycles. The number of rotatable bonds is 28. The standard InChI is InChI=1S/C29H54BN5O11S/c1-28(2,9-8-24(39)34-15-23(32)38)45-13-10-29(3,4)46-14-11-33-26(41)22(16-36)35-25(40)21(31)18-47-17-20(44-19-37)7-6-12-43-27(42)30-5/h19-22,30,36H,6-18,31H2,1-5H3,(H2,32,38)(H,33,41)(H,34,39)(H,35,40)/t20-,21+,22+/m1/s1. The summed E-state index contributed by atoms with van der Waals surface area (Å²) in [7, 11) is 0.279. The van der Waals surface area contributed by atoms with Crippen molar-refractivity contribution in [3.63, 3.8) is 0 Å². The molecule has 0 aromatic rings. The molecule has 0 aliphatic rings. The van der Waals surface area contributed by atoms with E-state index in [1.165, 1.54) is 11.8 Å². The molecule has 0 bridgehead atoms. The van der Waals surface area contributed by atoms with Gasteiger partial charge in [0.15, 0.2) is 0 Å². The van der Waals surface area contributed by atoms with Crippen LogP contribution in [0.25, 0.3) is 0 Å². The third-order valence-electron chi connectivity index (χ3n) is 6.73. The zero-order valence-corrected chi connectivity index (χ0v) is 29.1. The molecule has 0 aromatic carbocycles. The Morgan fingerprint density at radius 1 is 0.957 bits per heavy atom. The minimum atomic E-state index is -1.21. The first-order valence-electron chi connectivity index (χ1n) is 15.7. The third-order valence-corrected chi connectivity index (χ3v) is 7.93. The van der Waals surface area contributed by atoms with Gasteiger partial charge in [-0.25, -0.2) is 0 Å². The average Bonchev–Trinajstić information content (AvgIpc) is 3.01. The summed E-state index contributed by atoms with van der Waals surface area (Å²) in [5.74, 6) is -1.90. The second-order valence-electron chi connectivity index (χ2n) is 12.0. The van der Waals surface area contributed by atoms with Crippen LogP contribution >= 0.6 is 11.8 Å². The van der Waals surface area contributed by atoms with Gasteiger partial charge >= 0.3 is 0 Å². The van der Waals surface area contributed by atoms with Crippen molar-refractivity contribution in [2.45, 2.75) is 96.0 Å². The van der Waals surface area contributed by atoms with E-state index in [4.69, 9.17) is 30.4 Å². The molecule has 0 unspecified atom stereocenters. The highest BCUT2D eigenvalue weighted by Crippen LogP contribution is 2.20. The number of aliphatic hydroxyl groups is 1. The molecule has 0 rings (SSSR count). The summed E-state index contributed by atoms with van der Waals surface area (Å²) in [6.45, 7) is 9.51. The van der Waals surface area contributed by atoms with Gasteiger partial charge in [-0.1, -0.05) is 6.82 Å². The largest absolute Gasteiger partial charge is 0.474 e. The van der Waals surface area contributed by atoms with E-state index in [0.717, 1.165) is 0 Å². The second kappa shape index (κ2) is 24.3. The highest BCUT2D eigenvalue weighted by Gasteiger charge is 2.25. The smallest absolute Gasteiger partial charge is 0.293 e. The Morgan fingerprint density at radius 2 is 1.62 bits per heavy atom. The molecule has 0 radical (unpaired) electrons. The maximum atomic E-state index is 12.5. The van der Waals surface area contributed by atoms with E-state index in [1.807, 2.05) is 27.7 Å². The Kier molecular flexibility index (Phi) is 22.7. The Balaban J connectivity index is 4.41. The number of carbonyl (C=O) groups excluding carboxylic acids is 6. The first kappa shape index (κ1) is 44.1. The van der Waals surface area contributed by atoms with Gasteiger partial charge in [-0.05, 0) is 53.4 Å². The summed E-state index contributed by atoms with van der Waals surface area (Å²) in [5, 5.41) is 17.2. The van der Waals surface area contributed by atoms with Crippen molar-refractivity contribution >= 4 is 55.0 Å². The van der Waals surface area contributed by atoms with Crippen LogP contribution in [0.2, 0.25) is 6.82 Å². The van der Waals surface area contributed by atoms with E-state index >= 15 is 0 Å². The van der Waals surface area contributed by atoms with E-state index in [-0.39, 0.29) is 57.5 Å². The van der Waals surface area contributed by atoms with Crippen LogP contribution in [0.3, 0.4) is 0 Å². The topological polar surface area (TPSA) is 248 Å². The van der Waals surface area contributed by atoms with E-state index < -0.39 is 53.7 Å². The fourth-order valence-corrected chi connectivity index (χ4v) is 4.82. The summed E-state index contributed by atoms with van der Waals surface area (Å²) in [4.78, 5) is 69.7. The molecular weight excluding hydrogens is 637 g/mol. The van der Waals surface area contributed by atoms with Gasteiger partial charge in [0.1, 0.15) is 12.1 Å². The normalized spacial score (nSPS) is 13.4. The molecule has 4 amide bonds. The van der Waals surface area contributed by atoms with Crippen molar-refractivity contribution in [2.75, 3.05) is 51.0 Å². The maximum absolute atomic E-state index is 12.5. The zero-order valence-electron chi connectivity index (χ0n) is 28.3. The molecule has 47 heavy (non-hydrogen) atoms. The van der Waals surface area contributed by atoms with Crippen LogP contribution in [-0.4, -0.2) is 129 Å². The number of hydrogen-bond donors (Lipinski definition) is 6. The van der Waals surface area contributed by atoms with Crippen molar-refractivity contribution in [1.82, 2.24) is 16.0 Å². The molecule has 270 valence electrons. The molecule has 0 aromatic heterocycles. The van der Waals surface area contributed by atoms with E-state index in [2.05, 4.69) is 16.0 Å². The van der Waals surface area contributed by atoms with Crippen LogP contribution in [0.1, 0.15) is 59.8 Å². The maximum Gasteiger partial charge on any atom is 0.293 e. The summed E-state index contributed by atoms with van der Waals surface area (Å²) < 4.78 is 21.9. The zero-order chi connectivity index (χ0) is 35.9. The first-order valence-corrected chi connectivity index (χ1v) is 16.8. The van der Waals surface area contributed by atoms with E-state index in [9.17, 15) is 33.9 Å². The Bertz CT molecular complexity index is 990. The average molecular weight is 692 g/mol. The highest BCUT2D eigenvalue weighted by atomic mass is 32.2. The molecule has 0 aliphatic heterocycles. The lowest BCUT2D eigenvalue weighted by Gasteiger charge is -2.30. The van der Waals surface area contributed by atoms with Gasteiger partial charge in [0.2, 0.25) is 29.5 Å². The second-order valence-corrected chi connectivity index (χ2v) is 13.0. The van der Waals surface area contributed by atoms with Crippen LogP contribution in [-0.2, 0) is 42.9 Å². The number of amides is 4. The summed E-state index contributed by atoms with van der Waals surface area (Å²) >= 11 is 1.29. The molecule has 16 nitrogen and oxygen atoms in total. The van der Waals surface area contributed by atoms with Gasteiger partial charge in [0, 0.05) is 24.5 Å². The van der Waals surface area contributed by atoms with Crippen molar-refractivity contribution < 1.29 is 52.8 Å². The minimum Gasteiger partial charge on any atom is -0.474 e. The Hall–Kier alpha value is -2.93. The molecule has 0 saturated carbocycles. The number of carbonyl (C=O) groups is 6. The van der Waals surface area contributed by atoms with Gasteiger partial charge in [-0.15, -0.1) is 0 Å². The van der Waals surface area contributed by atoms with Gasteiger partial charge in [-0.2, -0.15) is 11.8 Å². The molecule has 0 spiro atoms. The molecular formula is C29H54BN5O11S. The molecule has 18 heteroatoms. The Labute approximate surface area is 282 Å². The van der Waals surface area contributed by atoms with Crippen LogP contribution in [0.15, 0.2) is 0 Å². The fourth-order valence-electron chi connectivity index (χ4n) is 3.77.